The van der Waals surface area contributed by atoms with Crippen molar-refractivity contribution in [1.82, 2.24) is 10.2 Å². The smallest absolute Gasteiger partial charge is 0.264 e. The summed E-state index contributed by atoms with van der Waals surface area (Å²) in [5.41, 5.74) is 3.24. The molecule has 0 bridgehead atoms. The number of rotatable bonds is 12. The number of anilines is 1. The first-order valence-electron chi connectivity index (χ1n) is 14.6. The Morgan fingerprint density at radius 2 is 1.49 bits per heavy atom. The van der Waals surface area contributed by atoms with Gasteiger partial charge in [0.25, 0.3) is 10.0 Å². The van der Waals surface area contributed by atoms with Crippen molar-refractivity contribution in [2.45, 2.75) is 57.6 Å². The third kappa shape index (κ3) is 8.66. The molecule has 0 aliphatic heterocycles. The Kier molecular flexibility index (Phi) is 11.3. The third-order valence-electron chi connectivity index (χ3n) is 7.32. The van der Waals surface area contributed by atoms with E-state index in [2.05, 4.69) is 5.32 Å². The van der Waals surface area contributed by atoms with Crippen LogP contribution in [0.4, 0.5) is 5.69 Å². The Morgan fingerprint density at radius 1 is 0.844 bits per heavy atom. The van der Waals surface area contributed by atoms with E-state index in [1.165, 1.54) is 17.0 Å². The van der Waals surface area contributed by atoms with Crippen LogP contribution < -0.4 is 9.62 Å². The number of halogens is 2. The zero-order chi connectivity index (χ0) is 32.7. The van der Waals surface area contributed by atoms with Crippen LogP contribution in [0.15, 0.2) is 102 Å². The maximum Gasteiger partial charge on any atom is 0.264 e. The summed E-state index contributed by atoms with van der Waals surface area (Å²) in [4.78, 5) is 29.8. The van der Waals surface area contributed by atoms with Crippen LogP contribution in [0, 0.1) is 13.8 Å². The number of hydrogen-bond acceptors (Lipinski definition) is 4. The molecule has 0 heterocycles. The molecular weight excluding hydrogens is 629 g/mol. The van der Waals surface area contributed by atoms with Crippen LogP contribution in [0.25, 0.3) is 0 Å². The zero-order valence-electron chi connectivity index (χ0n) is 25.7. The highest BCUT2D eigenvalue weighted by Crippen LogP contribution is 2.30. The molecule has 2 amide bonds. The van der Waals surface area contributed by atoms with E-state index >= 15 is 0 Å². The number of nitrogens with one attached hydrogen (secondary N) is 1. The first kappa shape index (κ1) is 34.0. The summed E-state index contributed by atoms with van der Waals surface area (Å²) in [7, 11) is -4.22. The maximum absolute atomic E-state index is 14.5. The average molecular weight is 667 g/mol. The Labute approximate surface area is 275 Å². The summed E-state index contributed by atoms with van der Waals surface area (Å²) in [6.07, 6.45) is 0.209. The van der Waals surface area contributed by atoms with Crippen molar-refractivity contribution in [3.8, 4) is 0 Å². The van der Waals surface area contributed by atoms with Crippen molar-refractivity contribution in [1.29, 1.82) is 0 Å². The number of benzene rings is 4. The van der Waals surface area contributed by atoms with Crippen molar-refractivity contribution in [2.24, 2.45) is 0 Å². The summed E-state index contributed by atoms with van der Waals surface area (Å²) < 4.78 is 29.5. The van der Waals surface area contributed by atoms with Crippen LogP contribution in [0.1, 0.15) is 36.1 Å². The van der Waals surface area contributed by atoms with Gasteiger partial charge in [-0.3, -0.25) is 13.9 Å². The molecular formula is C35H37Cl2N3O4S. The first-order valence-corrected chi connectivity index (χ1v) is 16.8. The predicted molar refractivity (Wildman–Crippen MR) is 181 cm³/mol. The number of carbonyl (C=O) groups excluding carboxylic acids is 2. The van der Waals surface area contributed by atoms with Gasteiger partial charge in [0.05, 0.1) is 10.6 Å². The number of amides is 2. The van der Waals surface area contributed by atoms with Gasteiger partial charge in [0.1, 0.15) is 12.6 Å². The molecule has 0 aromatic heterocycles. The minimum Gasteiger partial charge on any atom is -0.352 e. The summed E-state index contributed by atoms with van der Waals surface area (Å²) in [5, 5.41) is 3.81. The monoisotopic (exact) mass is 665 g/mol. The minimum atomic E-state index is -4.22. The van der Waals surface area contributed by atoms with Gasteiger partial charge in [-0.05, 0) is 80.8 Å². The van der Waals surface area contributed by atoms with Crippen LogP contribution in [0.3, 0.4) is 0 Å². The number of nitrogens with zero attached hydrogens (tertiary/aromatic N) is 2. The number of aryl methyl sites for hydroxylation is 2. The highest BCUT2D eigenvalue weighted by molar-refractivity contribution is 7.92. The van der Waals surface area contributed by atoms with Gasteiger partial charge in [0.15, 0.2) is 0 Å². The van der Waals surface area contributed by atoms with Gasteiger partial charge in [-0.25, -0.2) is 8.42 Å². The van der Waals surface area contributed by atoms with Gasteiger partial charge in [0, 0.05) is 29.1 Å². The standard InChI is InChI=1S/C35H37Cl2N3O4S/c1-24(2)38-35(42)33(21-27-10-6-5-7-11-27)39(22-28-12-8-9-13-31(28)37)34(41)23-40(32-19-16-29(36)20-26(32)4)45(43,44)30-17-14-25(3)15-18-30/h5-20,24,33H,21-23H2,1-4H3,(H,38,42)/t33-/m0/s1. The topological polar surface area (TPSA) is 86.8 Å². The Bertz CT molecular complexity index is 1750. The van der Waals surface area contributed by atoms with Crippen LogP contribution in [0.2, 0.25) is 10.0 Å². The van der Waals surface area contributed by atoms with Gasteiger partial charge < -0.3 is 10.2 Å². The SMILES string of the molecule is Cc1ccc(S(=O)(=O)N(CC(=O)N(Cc2ccccc2Cl)[C@@H](Cc2ccccc2)C(=O)NC(C)C)c2ccc(Cl)cc2C)cc1. The highest BCUT2D eigenvalue weighted by atomic mass is 35.5. The van der Waals surface area contributed by atoms with E-state index in [0.29, 0.717) is 26.9 Å². The number of hydrogen-bond donors (Lipinski definition) is 1. The predicted octanol–water partition coefficient (Wildman–Crippen LogP) is 6.97. The molecule has 1 N–H and O–H groups in total. The number of sulfonamides is 1. The van der Waals surface area contributed by atoms with Crippen LogP contribution in [-0.4, -0.2) is 43.8 Å². The van der Waals surface area contributed by atoms with Crippen LogP contribution in [-0.2, 0) is 32.6 Å². The maximum atomic E-state index is 14.5. The normalized spacial score (nSPS) is 12.1. The lowest BCUT2D eigenvalue weighted by Gasteiger charge is -2.34. The molecule has 0 saturated heterocycles. The zero-order valence-corrected chi connectivity index (χ0v) is 28.0. The molecule has 0 spiro atoms. The molecule has 4 aromatic rings. The lowest BCUT2D eigenvalue weighted by molar-refractivity contribution is -0.140. The summed E-state index contributed by atoms with van der Waals surface area (Å²) >= 11 is 12.8. The fourth-order valence-corrected chi connectivity index (χ4v) is 6.90. The molecule has 0 aliphatic rings. The van der Waals surface area contributed by atoms with E-state index in [4.69, 9.17) is 23.2 Å². The van der Waals surface area contributed by atoms with Crippen molar-refractivity contribution >= 4 is 50.7 Å². The van der Waals surface area contributed by atoms with Crippen molar-refractivity contribution in [2.75, 3.05) is 10.8 Å². The first-order chi connectivity index (χ1) is 21.4. The average Bonchev–Trinajstić information content (AvgIpc) is 2.99. The van der Waals surface area contributed by atoms with E-state index in [1.54, 1.807) is 61.5 Å². The summed E-state index contributed by atoms with van der Waals surface area (Å²) in [6.45, 7) is 6.71. The number of carbonyl (C=O) groups is 2. The fourth-order valence-electron chi connectivity index (χ4n) is 4.99. The Balaban J connectivity index is 1.84. The lowest BCUT2D eigenvalue weighted by Crippen LogP contribution is -2.54. The van der Waals surface area contributed by atoms with E-state index in [9.17, 15) is 18.0 Å². The van der Waals surface area contributed by atoms with Crippen molar-refractivity contribution in [3.05, 3.63) is 129 Å². The Morgan fingerprint density at radius 3 is 2.11 bits per heavy atom. The Hall–Kier alpha value is -3.85. The van der Waals surface area contributed by atoms with Crippen LogP contribution in [0.5, 0.6) is 0 Å². The lowest BCUT2D eigenvalue weighted by atomic mass is 10.0. The molecule has 236 valence electrons. The van der Waals surface area contributed by atoms with Gasteiger partial charge in [-0.2, -0.15) is 0 Å². The molecule has 0 unspecified atom stereocenters. The van der Waals surface area contributed by atoms with E-state index in [0.717, 1.165) is 15.4 Å². The molecule has 45 heavy (non-hydrogen) atoms. The highest BCUT2D eigenvalue weighted by Gasteiger charge is 2.35. The van der Waals surface area contributed by atoms with Gasteiger partial charge in [-0.1, -0.05) is 89.4 Å². The second kappa shape index (κ2) is 15.0. The molecule has 0 radical (unpaired) electrons. The van der Waals surface area contributed by atoms with Gasteiger partial charge in [-0.15, -0.1) is 0 Å². The van der Waals surface area contributed by atoms with Crippen molar-refractivity contribution in [3.63, 3.8) is 0 Å². The van der Waals surface area contributed by atoms with Gasteiger partial charge in [0.2, 0.25) is 11.8 Å². The minimum absolute atomic E-state index is 0.0143. The summed E-state index contributed by atoms with van der Waals surface area (Å²) in [6, 6.07) is 26.6. The van der Waals surface area contributed by atoms with Crippen LogP contribution >= 0.6 is 23.2 Å². The molecule has 0 fully saturated rings. The quantitative estimate of drug-likeness (QED) is 0.177. The van der Waals surface area contributed by atoms with E-state index in [1.807, 2.05) is 51.1 Å². The molecule has 1 atom stereocenters. The van der Waals surface area contributed by atoms with E-state index < -0.39 is 28.5 Å². The second-order valence-electron chi connectivity index (χ2n) is 11.2. The molecule has 7 nitrogen and oxygen atoms in total. The second-order valence-corrected chi connectivity index (χ2v) is 13.9. The molecule has 10 heteroatoms. The van der Waals surface area contributed by atoms with E-state index in [-0.39, 0.29) is 29.8 Å². The van der Waals surface area contributed by atoms with Crippen molar-refractivity contribution < 1.29 is 18.0 Å². The third-order valence-corrected chi connectivity index (χ3v) is 9.69. The fraction of sp³-hybridized carbons (Fsp3) is 0.257. The molecule has 0 aliphatic carbocycles. The molecule has 4 rings (SSSR count). The van der Waals surface area contributed by atoms with Gasteiger partial charge >= 0.3 is 0 Å². The largest absolute Gasteiger partial charge is 0.352 e. The molecule has 4 aromatic carbocycles. The summed E-state index contributed by atoms with van der Waals surface area (Å²) in [5.74, 6) is -0.926. The molecule has 0 saturated carbocycles.